The van der Waals surface area contributed by atoms with Crippen molar-refractivity contribution in [2.45, 2.75) is 6.18 Å². The predicted octanol–water partition coefficient (Wildman–Crippen LogP) is 0.487. The normalized spacial score (nSPS) is 11.4. The first-order valence-electron chi connectivity index (χ1n) is 3.22. The summed E-state index contributed by atoms with van der Waals surface area (Å²) in [5.41, 5.74) is -3.62. The lowest BCUT2D eigenvalue weighted by atomic mass is 10.2. The number of aromatic amines is 1. The lowest BCUT2D eigenvalue weighted by Crippen LogP contribution is -2.22. The number of aromatic nitrogens is 2. The molecule has 1 aromatic heterocycles. The van der Waals surface area contributed by atoms with Gasteiger partial charge in [0, 0.05) is 0 Å². The van der Waals surface area contributed by atoms with Crippen LogP contribution in [0.3, 0.4) is 0 Å². The minimum atomic E-state index is -4.78. The van der Waals surface area contributed by atoms with Crippen LogP contribution in [0.1, 0.15) is 16.1 Å². The van der Waals surface area contributed by atoms with Crippen LogP contribution in [0.5, 0.6) is 0 Å². The molecule has 0 saturated heterocycles. The third kappa shape index (κ3) is 1.90. The minimum absolute atomic E-state index is 0.182. The molecule has 2 N–H and O–H groups in total. The lowest BCUT2D eigenvalue weighted by molar-refractivity contribution is -0.141. The van der Waals surface area contributed by atoms with Crippen molar-refractivity contribution in [3.05, 3.63) is 27.7 Å². The highest BCUT2D eigenvalue weighted by atomic mass is 19.4. The van der Waals surface area contributed by atoms with Gasteiger partial charge < -0.3 is 5.11 Å². The summed E-state index contributed by atoms with van der Waals surface area (Å²) in [7, 11) is 0. The van der Waals surface area contributed by atoms with E-state index in [0.29, 0.717) is 0 Å². The molecule has 0 radical (unpaired) electrons. The van der Waals surface area contributed by atoms with E-state index in [1.54, 1.807) is 0 Å². The Morgan fingerprint density at radius 1 is 1.50 bits per heavy atom. The zero-order valence-corrected chi connectivity index (χ0v) is 6.42. The van der Waals surface area contributed by atoms with Crippen molar-refractivity contribution in [2.75, 3.05) is 0 Å². The number of carboxylic acid groups (broad SMARTS) is 1. The summed E-state index contributed by atoms with van der Waals surface area (Å²) in [6, 6.07) is 0.182. The average Bonchev–Trinajstić information content (AvgIpc) is 2.02. The summed E-state index contributed by atoms with van der Waals surface area (Å²) in [5, 5.41) is 12.5. The van der Waals surface area contributed by atoms with E-state index in [4.69, 9.17) is 5.11 Å². The maximum absolute atomic E-state index is 12.0. The van der Waals surface area contributed by atoms with Crippen LogP contribution in [0, 0.1) is 0 Å². The fraction of sp³-hybridized carbons (Fsp3) is 0.167. The quantitative estimate of drug-likeness (QED) is 0.703. The van der Waals surface area contributed by atoms with Crippen LogP contribution in [-0.4, -0.2) is 21.3 Å². The highest BCUT2D eigenvalue weighted by molar-refractivity contribution is 5.87. The van der Waals surface area contributed by atoms with Gasteiger partial charge >= 0.3 is 12.1 Å². The van der Waals surface area contributed by atoms with Gasteiger partial charge in [0.15, 0.2) is 5.69 Å². The van der Waals surface area contributed by atoms with Crippen molar-refractivity contribution in [3.63, 3.8) is 0 Å². The molecule has 1 rings (SSSR count). The van der Waals surface area contributed by atoms with Gasteiger partial charge in [0.05, 0.1) is 0 Å². The fourth-order valence-corrected chi connectivity index (χ4v) is 0.710. The van der Waals surface area contributed by atoms with E-state index >= 15 is 0 Å². The zero-order chi connectivity index (χ0) is 10.9. The SMILES string of the molecule is O=C(O)c1cc(C(F)(F)F)n[nH]c1=O. The number of H-pyrrole nitrogens is 1. The second-order valence-corrected chi connectivity index (χ2v) is 2.30. The van der Waals surface area contributed by atoms with Gasteiger partial charge in [-0.05, 0) is 6.07 Å². The van der Waals surface area contributed by atoms with Gasteiger partial charge in [-0.25, -0.2) is 9.89 Å². The van der Waals surface area contributed by atoms with Gasteiger partial charge in [0.2, 0.25) is 0 Å². The van der Waals surface area contributed by atoms with E-state index < -0.39 is 29.0 Å². The summed E-state index contributed by atoms with van der Waals surface area (Å²) >= 11 is 0. The Morgan fingerprint density at radius 3 is 2.50 bits per heavy atom. The molecule has 0 aliphatic carbocycles. The molecule has 0 saturated carbocycles. The average molecular weight is 208 g/mol. The summed E-state index contributed by atoms with van der Waals surface area (Å²) < 4.78 is 36.0. The van der Waals surface area contributed by atoms with E-state index in [-0.39, 0.29) is 6.07 Å². The maximum atomic E-state index is 12.0. The van der Waals surface area contributed by atoms with Crippen LogP contribution >= 0.6 is 0 Å². The summed E-state index contributed by atoms with van der Waals surface area (Å²) in [6.07, 6.45) is -4.78. The number of alkyl halides is 3. The van der Waals surface area contributed by atoms with Crippen LogP contribution in [0.2, 0.25) is 0 Å². The number of hydrogen-bond acceptors (Lipinski definition) is 3. The highest BCUT2D eigenvalue weighted by Gasteiger charge is 2.34. The van der Waals surface area contributed by atoms with Gasteiger partial charge in [0.1, 0.15) is 5.56 Å². The number of aromatic carboxylic acids is 1. The number of carboxylic acids is 1. The Labute approximate surface area is 74.2 Å². The number of carbonyl (C=O) groups is 1. The van der Waals surface area contributed by atoms with Gasteiger partial charge in [0.25, 0.3) is 5.56 Å². The molecular formula is C6H3F3N2O3. The number of hydrogen-bond donors (Lipinski definition) is 2. The maximum Gasteiger partial charge on any atom is 0.435 e. The van der Waals surface area contributed by atoms with Crippen molar-refractivity contribution in [1.82, 2.24) is 10.2 Å². The molecule has 0 atom stereocenters. The first kappa shape index (κ1) is 10.2. The molecular weight excluding hydrogens is 205 g/mol. The van der Waals surface area contributed by atoms with Gasteiger partial charge in [-0.15, -0.1) is 0 Å². The molecule has 8 heteroatoms. The molecule has 1 aromatic rings. The van der Waals surface area contributed by atoms with Crippen molar-refractivity contribution in [3.8, 4) is 0 Å². The van der Waals surface area contributed by atoms with Crippen molar-refractivity contribution in [1.29, 1.82) is 0 Å². The molecule has 1 heterocycles. The Morgan fingerprint density at radius 2 is 2.07 bits per heavy atom. The Kier molecular flexibility index (Phi) is 2.28. The largest absolute Gasteiger partial charge is 0.477 e. The van der Waals surface area contributed by atoms with Crippen LogP contribution in [0.15, 0.2) is 10.9 Å². The van der Waals surface area contributed by atoms with Gasteiger partial charge in [-0.3, -0.25) is 4.79 Å². The Balaban J connectivity index is 3.34. The fourth-order valence-electron chi connectivity index (χ4n) is 0.710. The smallest absolute Gasteiger partial charge is 0.435 e. The lowest BCUT2D eigenvalue weighted by Gasteiger charge is -2.04. The monoisotopic (exact) mass is 208 g/mol. The van der Waals surface area contributed by atoms with Crippen LogP contribution in [-0.2, 0) is 6.18 Å². The Bertz CT molecular complexity index is 423. The summed E-state index contributed by atoms with van der Waals surface area (Å²) in [6.45, 7) is 0. The molecule has 0 bridgehead atoms. The molecule has 0 unspecified atom stereocenters. The van der Waals surface area contributed by atoms with Crippen molar-refractivity contribution in [2.24, 2.45) is 0 Å². The zero-order valence-electron chi connectivity index (χ0n) is 6.42. The number of halogens is 3. The molecule has 76 valence electrons. The van der Waals surface area contributed by atoms with Crippen LogP contribution in [0.25, 0.3) is 0 Å². The molecule has 0 aliphatic heterocycles. The van der Waals surface area contributed by atoms with Crippen molar-refractivity contribution < 1.29 is 23.1 Å². The molecule has 0 aliphatic rings. The second kappa shape index (κ2) is 3.13. The molecule has 0 amide bonds. The van der Waals surface area contributed by atoms with Gasteiger partial charge in [-0.1, -0.05) is 0 Å². The standard InChI is InChI=1S/C6H3F3N2O3/c7-6(8,9)3-1-2(5(13)14)4(12)11-10-3/h1H,(H,11,12)(H,13,14). The van der Waals surface area contributed by atoms with Crippen LogP contribution < -0.4 is 5.56 Å². The molecule has 14 heavy (non-hydrogen) atoms. The first-order valence-corrected chi connectivity index (χ1v) is 3.22. The van der Waals surface area contributed by atoms with Crippen LogP contribution in [0.4, 0.5) is 13.2 Å². The van der Waals surface area contributed by atoms with E-state index in [0.717, 1.165) is 0 Å². The number of nitrogens with one attached hydrogen (secondary N) is 1. The molecule has 0 aromatic carbocycles. The van der Waals surface area contributed by atoms with E-state index in [1.807, 2.05) is 0 Å². The Hall–Kier alpha value is -1.86. The molecule has 0 spiro atoms. The highest BCUT2D eigenvalue weighted by Crippen LogP contribution is 2.26. The number of nitrogens with zero attached hydrogens (tertiary/aromatic N) is 1. The summed E-state index contributed by atoms with van der Waals surface area (Å²) in [4.78, 5) is 21.0. The third-order valence-corrected chi connectivity index (χ3v) is 1.32. The van der Waals surface area contributed by atoms with Crippen molar-refractivity contribution >= 4 is 5.97 Å². The first-order chi connectivity index (χ1) is 6.32. The number of rotatable bonds is 1. The summed E-state index contributed by atoms with van der Waals surface area (Å²) in [5.74, 6) is -1.74. The molecule has 0 fully saturated rings. The van der Waals surface area contributed by atoms with E-state index in [1.165, 1.54) is 5.10 Å². The third-order valence-electron chi connectivity index (χ3n) is 1.32. The van der Waals surface area contributed by atoms with E-state index in [2.05, 4.69) is 5.10 Å². The second-order valence-electron chi connectivity index (χ2n) is 2.30. The minimum Gasteiger partial charge on any atom is -0.477 e. The predicted molar refractivity (Wildman–Crippen MR) is 36.8 cm³/mol. The van der Waals surface area contributed by atoms with Gasteiger partial charge in [-0.2, -0.15) is 18.3 Å². The van der Waals surface area contributed by atoms with E-state index in [9.17, 15) is 22.8 Å². The topological polar surface area (TPSA) is 83.0 Å². The molecule has 5 nitrogen and oxygen atoms in total.